The number of nitrogens with two attached hydrogens (primary N) is 1. The fourth-order valence-electron chi connectivity index (χ4n) is 2.51. The molecule has 0 aromatic rings. The summed E-state index contributed by atoms with van der Waals surface area (Å²) in [6.45, 7) is 4.57. The Morgan fingerprint density at radius 1 is 0.750 bits per heavy atom. The quantitative estimate of drug-likeness (QED) is 0.265. The van der Waals surface area contributed by atoms with E-state index in [2.05, 4.69) is 12.2 Å². The Hall–Kier alpha value is -0.590. The van der Waals surface area contributed by atoms with Gasteiger partial charge >= 0.3 is 29.6 Å². The number of nitrogens with one attached hydrogen (secondary N) is 1. The van der Waals surface area contributed by atoms with Gasteiger partial charge in [-0.05, 0) is 25.7 Å². The van der Waals surface area contributed by atoms with Crippen molar-refractivity contribution in [1.29, 1.82) is 0 Å². The molecule has 0 bridgehead atoms. The minimum Gasteiger partial charge on any atom is -0.550 e. The molecule has 0 fully saturated rings. The summed E-state index contributed by atoms with van der Waals surface area (Å²) in [6.07, 6.45) is 15.5. The van der Waals surface area contributed by atoms with E-state index < -0.39 is 5.97 Å². The Kier molecular flexibility index (Phi) is 30.3. The van der Waals surface area contributed by atoms with Gasteiger partial charge in [-0.25, -0.2) is 0 Å². The Labute approximate surface area is 194 Å². The summed E-state index contributed by atoms with van der Waals surface area (Å²) in [4.78, 5) is 31.3. The standard InChI is InChI=1S/C18H36N2O2.C3H6O2.Na/c1-2-3-4-5-6-7-8-9-10-13-16-20-18(22)15-12-11-14-17(19)21;1-2-3(4)5;/h2-16H2,1H3,(H2,19,21)(H,20,22);2H2,1H3,(H,4,5);/q;;+1/p-1. The molecule has 0 aliphatic rings. The van der Waals surface area contributed by atoms with Gasteiger partial charge in [0, 0.05) is 25.4 Å². The number of aliphatic carboxylic acids is 1. The van der Waals surface area contributed by atoms with Gasteiger partial charge in [0.25, 0.3) is 0 Å². The number of carboxylic acid groups (broad SMARTS) is 1. The van der Waals surface area contributed by atoms with E-state index in [1.54, 1.807) is 0 Å². The van der Waals surface area contributed by atoms with E-state index in [9.17, 15) is 19.5 Å². The SMILES string of the molecule is CCC(=O)[O-].CCCCCCCCCCCCNC(=O)CCCCC(N)=O.[Na+]. The molecule has 28 heavy (non-hydrogen) atoms. The molecule has 0 unspecified atom stereocenters. The number of carbonyl (C=O) groups is 3. The van der Waals surface area contributed by atoms with E-state index in [1.807, 2.05) is 0 Å². The molecule has 0 atom stereocenters. The molecule has 2 amide bonds. The fraction of sp³-hybridized carbons (Fsp3) is 0.857. The van der Waals surface area contributed by atoms with Crippen molar-refractivity contribution in [2.45, 2.75) is 110 Å². The fourth-order valence-corrected chi connectivity index (χ4v) is 2.51. The predicted molar refractivity (Wildman–Crippen MR) is 108 cm³/mol. The molecule has 0 spiro atoms. The second kappa shape index (κ2) is 26.4. The van der Waals surface area contributed by atoms with Gasteiger partial charge in [-0.1, -0.05) is 71.6 Å². The monoisotopic (exact) mass is 408 g/mol. The maximum absolute atomic E-state index is 11.5. The Bertz CT molecular complexity index is 379. The molecule has 6 nitrogen and oxygen atoms in total. The first-order valence-corrected chi connectivity index (χ1v) is 10.7. The first-order chi connectivity index (χ1) is 12.9. The predicted octanol–water partition coefficient (Wildman–Crippen LogP) is 0.220. The molecule has 160 valence electrons. The number of carboxylic acids is 1. The molecular weight excluding hydrogens is 367 g/mol. The third kappa shape index (κ3) is 33.0. The molecule has 0 saturated heterocycles. The number of hydrogen-bond acceptors (Lipinski definition) is 4. The third-order valence-corrected chi connectivity index (χ3v) is 4.22. The zero-order chi connectivity index (χ0) is 20.8. The van der Waals surface area contributed by atoms with Gasteiger partial charge in [0.05, 0.1) is 0 Å². The van der Waals surface area contributed by atoms with Crippen LogP contribution in [0.1, 0.15) is 110 Å². The molecule has 0 aliphatic carbocycles. The normalized spacial score (nSPS) is 9.64. The van der Waals surface area contributed by atoms with Gasteiger partial charge in [0.15, 0.2) is 0 Å². The molecule has 7 heteroatoms. The molecule has 0 radical (unpaired) electrons. The van der Waals surface area contributed by atoms with E-state index in [0.29, 0.717) is 19.3 Å². The van der Waals surface area contributed by atoms with Crippen LogP contribution in [0.3, 0.4) is 0 Å². The van der Waals surface area contributed by atoms with E-state index in [-0.39, 0.29) is 47.8 Å². The van der Waals surface area contributed by atoms with Crippen molar-refractivity contribution >= 4 is 17.8 Å². The number of hydrogen-bond donors (Lipinski definition) is 2. The van der Waals surface area contributed by atoms with E-state index in [1.165, 1.54) is 64.7 Å². The maximum Gasteiger partial charge on any atom is 1.00 e. The molecule has 0 saturated carbocycles. The summed E-state index contributed by atoms with van der Waals surface area (Å²) >= 11 is 0. The van der Waals surface area contributed by atoms with E-state index in [4.69, 9.17) is 5.73 Å². The summed E-state index contributed by atoms with van der Waals surface area (Å²) in [5.74, 6) is -1.18. The van der Waals surface area contributed by atoms with Crippen LogP contribution >= 0.6 is 0 Å². The van der Waals surface area contributed by atoms with Gasteiger partial charge in [0.1, 0.15) is 0 Å². The van der Waals surface area contributed by atoms with Crippen LogP contribution in [0.2, 0.25) is 0 Å². The zero-order valence-electron chi connectivity index (χ0n) is 18.5. The molecule has 0 heterocycles. The topological polar surface area (TPSA) is 112 Å². The average Bonchev–Trinajstić information content (AvgIpc) is 2.63. The Balaban J connectivity index is -0.000000918. The van der Waals surface area contributed by atoms with Crippen LogP contribution in [0.15, 0.2) is 0 Å². The summed E-state index contributed by atoms with van der Waals surface area (Å²) in [7, 11) is 0. The van der Waals surface area contributed by atoms with Crippen LogP contribution < -0.4 is 45.7 Å². The first-order valence-electron chi connectivity index (χ1n) is 10.7. The summed E-state index contributed by atoms with van der Waals surface area (Å²) < 4.78 is 0. The summed E-state index contributed by atoms with van der Waals surface area (Å²) in [5, 5.41) is 12.2. The number of amides is 2. The number of primary amides is 1. The molecule has 0 aromatic carbocycles. The zero-order valence-corrected chi connectivity index (χ0v) is 20.5. The van der Waals surface area contributed by atoms with Crippen molar-refractivity contribution in [2.24, 2.45) is 5.73 Å². The summed E-state index contributed by atoms with van der Waals surface area (Å²) in [5.41, 5.74) is 5.05. The largest absolute Gasteiger partial charge is 1.00 e. The molecular formula is C21H41N2NaO4. The second-order valence-corrected chi connectivity index (χ2v) is 6.93. The van der Waals surface area contributed by atoms with Crippen molar-refractivity contribution in [3.8, 4) is 0 Å². The van der Waals surface area contributed by atoms with E-state index in [0.717, 1.165) is 19.4 Å². The second-order valence-electron chi connectivity index (χ2n) is 6.93. The molecule has 3 N–H and O–H groups in total. The third-order valence-electron chi connectivity index (χ3n) is 4.22. The number of unbranched alkanes of at least 4 members (excludes halogenated alkanes) is 10. The van der Waals surface area contributed by atoms with Crippen LogP contribution in [-0.2, 0) is 14.4 Å². The van der Waals surface area contributed by atoms with Crippen LogP contribution in [0.4, 0.5) is 0 Å². The van der Waals surface area contributed by atoms with Gasteiger partial charge in [-0.3, -0.25) is 9.59 Å². The van der Waals surface area contributed by atoms with Crippen molar-refractivity contribution in [3.63, 3.8) is 0 Å². The van der Waals surface area contributed by atoms with Crippen molar-refractivity contribution in [2.75, 3.05) is 6.54 Å². The van der Waals surface area contributed by atoms with Crippen LogP contribution in [-0.4, -0.2) is 24.3 Å². The number of carbonyl (C=O) groups excluding carboxylic acids is 3. The summed E-state index contributed by atoms with van der Waals surface area (Å²) in [6, 6.07) is 0. The van der Waals surface area contributed by atoms with Gasteiger partial charge in [0.2, 0.25) is 11.8 Å². The van der Waals surface area contributed by atoms with Crippen molar-refractivity contribution < 1.29 is 49.0 Å². The average molecular weight is 409 g/mol. The molecule has 0 aromatic heterocycles. The Morgan fingerprint density at radius 2 is 1.18 bits per heavy atom. The number of rotatable bonds is 17. The Morgan fingerprint density at radius 3 is 1.61 bits per heavy atom. The van der Waals surface area contributed by atoms with Crippen LogP contribution in [0.5, 0.6) is 0 Å². The minimum absolute atomic E-state index is 0. The first kappa shape index (κ1) is 32.1. The van der Waals surface area contributed by atoms with Crippen molar-refractivity contribution in [1.82, 2.24) is 5.32 Å². The van der Waals surface area contributed by atoms with Crippen molar-refractivity contribution in [3.05, 3.63) is 0 Å². The van der Waals surface area contributed by atoms with Gasteiger partial charge in [-0.15, -0.1) is 0 Å². The van der Waals surface area contributed by atoms with Gasteiger partial charge < -0.3 is 21.0 Å². The van der Waals surface area contributed by atoms with Crippen LogP contribution in [0, 0.1) is 0 Å². The van der Waals surface area contributed by atoms with E-state index >= 15 is 0 Å². The smallest absolute Gasteiger partial charge is 0.550 e. The van der Waals surface area contributed by atoms with Crippen LogP contribution in [0.25, 0.3) is 0 Å². The minimum atomic E-state index is -0.995. The van der Waals surface area contributed by atoms with Gasteiger partial charge in [-0.2, -0.15) is 0 Å². The molecule has 0 rings (SSSR count). The maximum atomic E-state index is 11.5. The molecule has 0 aliphatic heterocycles.